The number of nitrogens with one attached hydrogen (secondary N) is 1. The Labute approximate surface area is 138 Å². The van der Waals surface area contributed by atoms with Crippen LogP contribution in [-0.4, -0.2) is 22.9 Å². The number of hydrogen-bond acceptors (Lipinski definition) is 5. The van der Waals surface area contributed by atoms with E-state index in [4.69, 9.17) is 0 Å². The number of nitro benzene ring substituents is 1. The van der Waals surface area contributed by atoms with Crippen LogP contribution in [0.2, 0.25) is 0 Å². The highest BCUT2D eigenvalue weighted by Gasteiger charge is 2.22. The molecule has 2 aromatic carbocycles. The molecule has 7 nitrogen and oxygen atoms in total. The van der Waals surface area contributed by atoms with Crippen LogP contribution in [0.5, 0.6) is 0 Å². The summed E-state index contributed by atoms with van der Waals surface area (Å²) in [5.74, 6) is -0.423. The van der Waals surface area contributed by atoms with E-state index in [1.54, 1.807) is 12.1 Å². The third-order valence-corrected chi connectivity index (χ3v) is 4.31. The van der Waals surface area contributed by atoms with Crippen molar-refractivity contribution in [2.75, 3.05) is 18.4 Å². The van der Waals surface area contributed by atoms with Gasteiger partial charge in [-0.25, -0.2) is 0 Å². The Morgan fingerprint density at radius 1 is 1.04 bits per heavy atom. The van der Waals surface area contributed by atoms with E-state index in [0.717, 1.165) is 36.2 Å². The molecule has 24 heavy (non-hydrogen) atoms. The molecule has 124 valence electrons. The molecule has 0 spiro atoms. The van der Waals surface area contributed by atoms with Gasteiger partial charge in [0.15, 0.2) is 0 Å². The molecule has 0 amide bonds. The third-order valence-electron chi connectivity index (χ3n) is 4.31. The maximum atomic E-state index is 11.1. The zero-order chi connectivity index (χ0) is 17.1. The highest BCUT2D eigenvalue weighted by molar-refractivity contribution is 5.55. The van der Waals surface area contributed by atoms with E-state index in [-0.39, 0.29) is 17.2 Å². The quantitative estimate of drug-likeness (QED) is 0.670. The summed E-state index contributed by atoms with van der Waals surface area (Å²) in [6.45, 7) is 0.692. The Morgan fingerprint density at radius 3 is 2.42 bits per heavy atom. The highest BCUT2D eigenvalue weighted by atomic mass is 16.6. The van der Waals surface area contributed by atoms with Gasteiger partial charge in [-0.1, -0.05) is 24.3 Å². The molecule has 0 unspecified atom stereocenters. The fourth-order valence-corrected chi connectivity index (χ4v) is 3.09. The topological polar surface area (TPSA) is 98.3 Å². The second-order valence-electron chi connectivity index (χ2n) is 5.86. The van der Waals surface area contributed by atoms with Gasteiger partial charge in [-0.2, -0.15) is 0 Å². The number of anilines is 1. The minimum absolute atomic E-state index is 0.0201. The lowest BCUT2D eigenvalue weighted by Gasteiger charge is -2.21. The second-order valence-corrected chi connectivity index (χ2v) is 5.86. The van der Waals surface area contributed by atoms with Crippen LogP contribution >= 0.6 is 0 Å². The average Bonchev–Trinajstić information content (AvgIpc) is 2.59. The largest absolute Gasteiger partial charge is 0.385 e. The number of nitrogens with zero attached hydrogens (tertiary/aromatic N) is 2. The molecule has 1 heterocycles. The average molecular weight is 327 g/mol. The van der Waals surface area contributed by atoms with Crippen molar-refractivity contribution in [2.45, 2.75) is 18.8 Å². The molecule has 0 aliphatic carbocycles. The van der Waals surface area contributed by atoms with Crippen LogP contribution in [0.15, 0.2) is 42.5 Å². The molecule has 0 aromatic heterocycles. The van der Waals surface area contributed by atoms with Gasteiger partial charge < -0.3 is 5.32 Å². The van der Waals surface area contributed by atoms with E-state index in [1.807, 2.05) is 18.2 Å². The number of fused-ring (bicyclic) bond motifs is 1. The van der Waals surface area contributed by atoms with Crippen LogP contribution in [0, 0.1) is 20.2 Å². The van der Waals surface area contributed by atoms with Crippen LogP contribution in [0.3, 0.4) is 0 Å². The van der Waals surface area contributed by atoms with Crippen LogP contribution < -0.4 is 5.32 Å². The van der Waals surface area contributed by atoms with Crippen molar-refractivity contribution in [2.24, 2.45) is 0 Å². The molecule has 0 radical (unpaired) electrons. The first-order chi connectivity index (χ1) is 11.5. The summed E-state index contributed by atoms with van der Waals surface area (Å²) in [7, 11) is 0. The van der Waals surface area contributed by atoms with Gasteiger partial charge in [-0.3, -0.25) is 20.2 Å². The Hall–Kier alpha value is -2.96. The van der Waals surface area contributed by atoms with Crippen LogP contribution in [0.4, 0.5) is 11.4 Å². The van der Waals surface area contributed by atoms with Gasteiger partial charge in [0.05, 0.1) is 10.8 Å². The smallest absolute Gasteiger partial charge is 0.269 e. The van der Waals surface area contributed by atoms with E-state index in [9.17, 15) is 20.2 Å². The summed E-state index contributed by atoms with van der Waals surface area (Å²) >= 11 is 0. The maximum Gasteiger partial charge on any atom is 0.269 e. The first kappa shape index (κ1) is 15.9. The Kier molecular flexibility index (Phi) is 4.41. The molecule has 1 aliphatic heterocycles. The zero-order valence-electron chi connectivity index (χ0n) is 13.0. The molecule has 1 aliphatic rings. The van der Waals surface area contributed by atoms with Gasteiger partial charge in [0.25, 0.3) is 5.69 Å². The summed E-state index contributed by atoms with van der Waals surface area (Å²) in [6, 6.07) is 11.9. The van der Waals surface area contributed by atoms with Crippen LogP contribution in [0.25, 0.3) is 0 Å². The zero-order valence-corrected chi connectivity index (χ0v) is 13.0. The second kappa shape index (κ2) is 6.66. The third kappa shape index (κ3) is 3.34. The minimum Gasteiger partial charge on any atom is -0.385 e. The molecule has 3 rings (SSSR count). The summed E-state index contributed by atoms with van der Waals surface area (Å²) in [4.78, 5) is 21.1. The maximum absolute atomic E-state index is 11.1. The number of nitro groups is 2. The number of non-ortho nitro benzene ring substituents is 1. The van der Waals surface area contributed by atoms with Gasteiger partial charge in [0.1, 0.15) is 0 Å². The van der Waals surface area contributed by atoms with E-state index in [0.29, 0.717) is 5.56 Å². The van der Waals surface area contributed by atoms with Gasteiger partial charge >= 0.3 is 0 Å². The Morgan fingerprint density at radius 2 is 1.75 bits per heavy atom. The molecule has 7 heteroatoms. The van der Waals surface area contributed by atoms with Gasteiger partial charge in [0, 0.05) is 29.3 Å². The lowest BCUT2D eigenvalue weighted by molar-refractivity contribution is -0.481. The molecule has 1 atom stereocenters. The van der Waals surface area contributed by atoms with Crippen molar-refractivity contribution in [3.05, 3.63) is 79.4 Å². The predicted octanol–water partition coefficient (Wildman–Crippen LogP) is 3.36. The van der Waals surface area contributed by atoms with E-state index in [1.165, 1.54) is 12.1 Å². The van der Waals surface area contributed by atoms with E-state index in [2.05, 4.69) is 5.32 Å². The number of benzene rings is 2. The highest BCUT2D eigenvalue weighted by Crippen LogP contribution is 2.31. The normalized spacial score (nSPS) is 14.3. The Bertz CT molecular complexity index is 774. The summed E-state index contributed by atoms with van der Waals surface area (Å²) in [6.07, 6.45) is 1.98. The van der Waals surface area contributed by atoms with Crippen molar-refractivity contribution in [3.8, 4) is 0 Å². The summed E-state index contributed by atoms with van der Waals surface area (Å²) < 4.78 is 0. The molecular weight excluding hydrogens is 310 g/mol. The van der Waals surface area contributed by atoms with Crippen LogP contribution in [-0.2, 0) is 6.42 Å². The fraction of sp³-hybridized carbons (Fsp3) is 0.294. The van der Waals surface area contributed by atoms with Crippen molar-refractivity contribution >= 4 is 11.4 Å². The lowest BCUT2D eigenvalue weighted by atomic mass is 9.88. The van der Waals surface area contributed by atoms with Gasteiger partial charge in [-0.05, 0) is 35.6 Å². The van der Waals surface area contributed by atoms with Crippen molar-refractivity contribution in [3.63, 3.8) is 0 Å². The van der Waals surface area contributed by atoms with Crippen molar-refractivity contribution < 1.29 is 9.85 Å². The SMILES string of the molecule is O=[N+]([O-])C[C@@H](c1ccc([N+](=O)[O-])cc1)c1ccc2c(c1)CCCN2. The van der Waals surface area contributed by atoms with Crippen molar-refractivity contribution in [1.29, 1.82) is 0 Å². The molecule has 1 N–H and O–H groups in total. The number of aryl methyl sites for hydroxylation is 1. The van der Waals surface area contributed by atoms with Crippen molar-refractivity contribution in [1.82, 2.24) is 0 Å². The molecule has 0 fully saturated rings. The number of rotatable bonds is 5. The first-order valence-electron chi connectivity index (χ1n) is 7.77. The van der Waals surface area contributed by atoms with Gasteiger partial charge in [0.2, 0.25) is 6.54 Å². The van der Waals surface area contributed by atoms with E-state index >= 15 is 0 Å². The van der Waals surface area contributed by atoms with E-state index < -0.39 is 10.8 Å². The Balaban J connectivity index is 1.97. The predicted molar refractivity (Wildman–Crippen MR) is 90.1 cm³/mol. The molecular formula is C17H17N3O4. The summed E-state index contributed by atoms with van der Waals surface area (Å²) in [5.41, 5.74) is 3.79. The fourth-order valence-electron chi connectivity index (χ4n) is 3.09. The molecule has 0 saturated heterocycles. The first-order valence-corrected chi connectivity index (χ1v) is 7.77. The molecule has 2 aromatic rings. The minimum atomic E-state index is -0.475. The molecule has 0 bridgehead atoms. The monoisotopic (exact) mass is 327 g/mol. The lowest BCUT2D eigenvalue weighted by Crippen LogP contribution is -2.16. The van der Waals surface area contributed by atoms with Gasteiger partial charge in [-0.15, -0.1) is 0 Å². The molecule has 0 saturated carbocycles. The number of hydrogen-bond donors (Lipinski definition) is 1. The standard InChI is InChI=1S/C17H17N3O4/c21-19(22)11-16(12-3-6-15(7-4-12)20(23)24)13-5-8-17-14(10-13)2-1-9-18-17/h3-8,10,16,18H,1-2,9,11H2/t16-/m0/s1. The van der Waals surface area contributed by atoms with Crippen LogP contribution in [0.1, 0.15) is 29.0 Å². The summed E-state index contributed by atoms with van der Waals surface area (Å²) in [5, 5.41) is 25.2.